The van der Waals surface area contributed by atoms with Crippen LogP contribution in [0.3, 0.4) is 0 Å². The molecule has 2 rings (SSSR count). The fourth-order valence-electron chi connectivity index (χ4n) is 2.87. The number of hydrogen-bond donors (Lipinski definition) is 2. The van der Waals surface area contributed by atoms with E-state index in [2.05, 4.69) is 24.1 Å². The van der Waals surface area contributed by atoms with Crippen molar-refractivity contribution in [2.45, 2.75) is 46.2 Å². The van der Waals surface area contributed by atoms with Crippen LogP contribution in [0, 0.1) is 18.2 Å². The standard InChI is InChI=1S/C17H26FN3O/c1-11-5-6-14(13(18)9-11)20-16(22)12(2)21-8-7-15(19)17(3,4)10-21/h5-6,9,12,15H,7-8,10,19H2,1-4H3,(H,20,22). The van der Waals surface area contributed by atoms with Gasteiger partial charge >= 0.3 is 0 Å². The van der Waals surface area contributed by atoms with Gasteiger partial charge in [-0.05, 0) is 43.4 Å². The van der Waals surface area contributed by atoms with E-state index in [0.29, 0.717) is 0 Å². The van der Waals surface area contributed by atoms with E-state index in [1.807, 2.05) is 13.8 Å². The Kier molecular flexibility index (Phi) is 4.87. The molecule has 22 heavy (non-hydrogen) atoms. The Morgan fingerprint density at radius 2 is 2.18 bits per heavy atom. The maximum atomic E-state index is 13.8. The van der Waals surface area contributed by atoms with Crippen molar-refractivity contribution in [2.24, 2.45) is 11.1 Å². The molecule has 0 bridgehead atoms. The second-order valence-electron chi connectivity index (χ2n) is 7.00. The topological polar surface area (TPSA) is 58.4 Å². The predicted octanol–water partition coefficient (Wildman–Crippen LogP) is 2.52. The Balaban J connectivity index is 2.03. The van der Waals surface area contributed by atoms with Gasteiger partial charge in [0.2, 0.25) is 5.91 Å². The summed E-state index contributed by atoms with van der Waals surface area (Å²) in [6.07, 6.45) is 0.865. The van der Waals surface area contributed by atoms with Gasteiger partial charge in [0, 0.05) is 19.1 Å². The summed E-state index contributed by atoms with van der Waals surface area (Å²) in [5, 5.41) is 2.69. The Morgan fingerprint density at radius 1 is 1.50 bits per heavy atom. The van der Waals surface area contributed by atoms with E-state index < -0.39 is 5.82 Å². The smallest absolute Gasteiger partial charge is 0.241 e. The largest absolute Gasteiger partial charge is 0.327 e. The van der Waals surface area contributed by atoms with Gasteiger partial charge in [-0.2, -0.15) is 0 Å². The zero-order valence-corrected chi connectivity index (χ0v) is 13.8. The Hall–Kier alpha value is -1.46. The minimum atomic E-state index is -0.401. The fraction of sp³-hybridized carbons (Fsp3) is 0.588. The van der Waals surface area contributed by atoms with Crippen molar-refractivity contribution in [2.75, 3.05) is 18.4 Å². The van der Waals surface area contributed by atoms with E-state index in [9.17, 15) is 9.18 Å². The molecule has 1 amide bonds. The number of halogens is 1. The Bertz CT molecular complexity index is 559. The number of carbonyl (C=O) groups is 1. The first-order chi connectivity index (χ1) is 10.2. The van der Waals surface area contributed by atoms with Gasteiger partial charge in [-0.3, -0.25) is 9.69 Å². The molecule has 0 radical (unpaired) electrons. The summed E-state index contributed by atoms with van der Waals surface area (Å²) in [6, 6.07) is 4.64. The van der Waals surface area contributed by atoms with Crippen molar-refractivity contribution in [1.29, 1.82) is 0 Å². The molecule has 2 unspecified atom stereocenters. The van der Waals surface area contributed by atoms with Crippen LogP contribution in [-0.2, 0) is 4.79 Å². The molecule has 0 aromatic heterocycles. The number of aryl methyl sites for hydroxylation is 1. The van der Waals surface area contributed by atoms with Gasteiger partial charge in [0.05, 0.1) is 11.7 Å². The molecule has 0 spiro atoms. The highest BCUT2D eigenvalue weighted by molar-refractivity contribution is 5.94. The van der Waals surface area contributed by atoms with Crippen LogP contribution in [0.2, 0.25) is 0 Å². The van der Waals surface area contributed by atoms with E-state index >= 15 is 0 Å². The summed E-state index contributed by atoms with van der Waals surface area (Å²) in [5.74, 6) is -0.587. The van der Waals surface area contributed by atoms with Crippen LogP contribution in [0.5, 0.6) is 0 Å². The average molecular weight is 307 g/mol. The second-order valence-corrected chi connectivity index (χ2v) is 7.00. The number of piperidine rings is 1. The number of rotatable bonds is 3. The summed E-state index contributed by atoms with van der Waals surface area (Å²) < 4.78 is 13.8. The predicted molar refractivity (Wildman–Crippen MR) is 87.2 cm³/mol. The lowest BCUT2D eigenvalue weighted by Crippen LogP contribution is -2.56. The summed E-state index contributed by atoms with van der Waals surface area (Å²) in [4.78, 5) is 14.5. The highest BCUT2D eigenvalue weighted by atomic mass is 19.1. The molecule has 1 aliphatic heterocycles. The van der Waals surface area contributed by atoms with Gasteiger partial charge in [0.15, 0.2) is 0 Å². The molecule has 5 heteroatoms. The van der Waals surface area contributed by atoms with Gasteiger partial charge in [-0.1, -0.05) is 19.9 Å². The molecule has 1 aromatic rings. The molecule has 1 fully saturated rings. The number of carbonyl (C=O) groups excluding carboxylic acids is 1. The van der Waals surface area contributed by atoms with E-state index in [1.54, 1.807) is 12.1 Å². The zero-order chi connectivity index (χ0) is 16.5. The molecular weight excluding hydrogens is 281 g/mol. The fourth-order valence-corrected chi connectivity index (χ4v) is 2.87. The average Bonchev–Trinajstić information content (AvgIpc) is 2.44. The van der Waals surface area contributed by atoms with Crippen molar-refractivity contribution < 1.29 is 9.18 Å². The summed E-state index contributed by atoms with van der Waals surface area (Å²) >= 11 is 0. The highest BCUT2D eigenvalue weighted by Gasteiger charge is 2.36. The molecule has 2 atom stereocenters. The quantitative estimate of drug-likeness (QED) is 0.902. The molecule has 122 valence electrons. The van der Waals surface area contributed by atoms with Crippen LogP contribution in [-0.4, -0.2) is 36.0 Å². The normalized spacial score (nSPS) is 23.1. The monoisotopic (exact) mass is 307 g/mol. The molecule has 1 aliphatic rings. The number of nitrogens with one attached hydrogen (secondary N) is 1. The van der Waals surface area contributed by atoms with Gasteiger partial charge < -0.3 is 11.1 Å². The zero-order valence-electron chi connectivity index (χ0n) is 13.8. The lowest BCUT2D eigenvalue weighted by Gasteiger charge is -2.44. The van der Waals surface area contributed by atoms with E-state index in [0.717, 1.165) is 25.1 Å². The maximum Gasteiger partial charge on any atom is 0.241 e. The second kappa shape index (κ2) is 6.34. The number of nitrogens with two attached hydrogens (primary N) is 1. The van der Waals surface area contributed by atoms with Crippen LogP contribution < -0.4 is 11.1 Å². The van der Waals surface area contributed by atoms with Crippen LogP contribution in [0.25, 0.3) is 0 Å². The summed E-state index contributed by atoms with van der Waals surface area (Å²) in [6.45, 7) is 9.46. The molecule has 3 N–H and O–H groups in total. The first kappa shape index (κ1) is 16.9. The number of likely N-dealkylation sites (tertiary alicyclic amines) is 1. The van der Waals surface area contributed by atoms with Crippen LogP contribution in [0.15, 0.2) is 18.2 Å². The SMILES string of the molecule is Cc1ccc(NC(=O)C(C)N2CCC(N)C(C)(C)C2)c(F)c1. The summed E-state index contributed by atoms with van der Waals surface area (Å²) in [5.41, 5.74) is 7.17. The lowest BCUT2D eigenvalue weighted by molar-refractivity contribution is -0.122. The molecule has 1 saturated heterocycles. The first-order valence-electron chi connectivity index (χ1n) is 7.77. The third-order valence-electron chi connectivity index (χ3n) is 4.65. The minimum absolute atomic E-state index is 0.0259. The molecule has 1 heterocycles. The van der Waals surface area contributed by atoms with Crippen molar-refractivity contribution >= 4 is 11.6 Å². The number of anilines is 1. The van der Waals surface area contributed by atoms with Crippen molar-refractivity contribution in [3.63, 3.8) is 0 Å². The molecule has 1 aromatic carbocycles. The van der Waals surface area contributed by atoms with Crippen LogP contribution in [0.1, 0.15) is 32.8 Å². The molecular formula is C17H26FN3O. The van der Waals surface area contributed by atoms with E-state index in [1.165, 1.54) is 6.07 Å². The van der Waals surface area contributed by atoms with Crippen LogP contribution in [0.4, 0.5) is 10.1 Å². The van der Waals surface area contributed by atoms with Gasteiger partial charge in [0.25, 0.3) is 0 Å². The Morgan fingerprint density at radius 3 is 2.77 bits per heavy atom. The Labute approximate surface area is 131 Å². The third kappa shape index (κ3) is 3.65. The van der Waals surface area contributed by atoms with Crippen molar-refractivity contribution in [3.8, 4) is 0 Å². The lowest BCUT2D eigenvalue weighted by atomic mass is 9.79. The van der Waals surface area contributed by atoms with Crippen molar-refractivity contribution in [3.05, 3.63) is 29.6 Å². The molecule has 4 nitrogen and oxygen atoms in total. The van der Waals surface area contributed by atoms with E-state index in [4.69, 9.17) is 5.73 Å². The number of hydrogen-bond acceptors (Lipinski definition) is 3. The number of benzene rings is 1. The third-order valence-corrected chi connectivity index (χ3v) is 4.65. The number of amides is 1. The van der Waals surface area contributed by atoms with Crippen molar-refractivity contribution in [1.82, 2.24) is 4.90 Å². The van der Waals surface area contributed by atoms with Crippen LogP contribution >= 0.6 is 0 Å². The molecule has 0 saturated carbocycles. The van der Waals surface area contributed by atoms with Gasteiger partial charge in [-0.15, -0.1) is 0 Å². The highest BCUT2D eigenvalue weighted by Crippen LogP contribution is 2.29. The minimum Gasteiger partial charge on any atom is -0.327 e. The molecule has 0 aliphatic carbocycles. The number of nitrogens with zero attached hydrogens (tertiary/aromatic N) is 1. The van der Waals surface area contributed by atoms with E-state index in [-0.39, 0.29) is 29.1 Å². The summed E-state index contributed by atoms with van der Waals surface area (Å²) in [7, 11) is 0. The maximum absolute atomic E-state index is 13.8. The van der Waals surface area contributed by atoms with Gasteiger partial charge in [0.1, 0.15) is 5.82 Å². The van der Waals surface area contributed by atoms with Gasteiger partial charge in [-0.25, -0.2) is 4.39 Å². The first-order valence-corrected chi connectivity index (χ1v) is 7.77.